The Morgan fingerprint density at radius 1 is 0.944 bits per heavy atom. The normalized spacial score (nSPS) is 14.0. The summed E-state index contributed by atoms with van der Waals surface area (Å²) in [4.78, 5) is 50.0. The van der Waals surface area contributed by atoms with Gasteiger partial charge in [0.15, 0.2) is 0 Å². The van der Waals surface area contributed by atoms with Crippen molar-refractivity contribution in [3.63, 3.8) is 0 Å². The minimum atomic E-state index is -1.23. The summed E-state index contributed by atoms with van der Waals surface area (Å²) in [5.41, 5.74) is 4.05. The summed E-state index contributed by atoms with van der Waals surface area (Å²) in [6.07, 6.45) is -0.982. The highest BCUT2D eigenvalue weighted by Gasteiger charge is 2.28. The number of rotatable bonds is 8. The number of esters is 1. The number of anilines is 2. The van der Waals surface area contributed by atoms with Crippen molar-refractivity contribution in [3.8, 4) is 5.75 Å². The Hall–Kier alpha value is -4.66. The molecule has 1 aliphatic rings. The average Bonchev–Trinajstić information content (AvgIpc) is 2.90. The first-order chi connectivity index (χ1) is 17.5. The molecule has 184 valence electrons. The summed E-state index contributed by atoms with van der Waals surface area (Å²) in [7, 11) is 0. The third kappa shape index (κ3) is 5.69. The van der Waals surface area contributed by atoms with Crippen LogP contribution in [0.1, 0.15) is 41.8 Å². The molecule has 36 heavy (non-hydrogen) atoms. The summed E-state index contributed by atoms with van der Waals surface area (Å²) in [5, 5.41) is 3.94. The molecule has 1 aliphatic heterocycles. The average molecular weight is 488 g/mol. The minimum Gasteiger partial charge on any atom is -0.492 e. The van der Waals surface area contributed by atoms with E-state index in [2.05, 4.69) is 10.7 Å². The Labute approximate surface area is 208 Å². The monoisotopic (exact) mass is 487 g/mol. The molecule has 3 aromatic carbocycles. The molecular weight excluding hydrogens is 462 g/mol. The molecular formula is C27H25N3O6. The van der Waals surface area contributed by atoms with Crippen LogP contribution in [-0.4, -0.2) is 30.3 Å². The van der Waals surface area contributed by atoms with E-state index in [1.807, 2.05) is 6.92 Å². The predicted octanol–water partition coefficient (Wildman–Crippen LogP) is 3.78. The van der Waals surface area contributed by atoms with E-state index >= 15 is 0 Å². The third-order valence-corrected chi connectivity index (χ3v) is 5.42. The van der Waals surface area contributed by atoms with Gasteiger partial charge in [-0.3, -0.25) is 19.8 Å². The highest BCUT2D eigenvalue weighted by Crippen LogP contribution is 2.27. The smallest absolute Gasteiger partial charge is 0.339 e. The second-order valence-electron chi connectivity index (χ2n) is 7.93. The number of carbonyl (C=O) groups excluding carboxylic acids is 4. The fraction of sp³-hybridized carbons (Fsp3) is 0.185. The number of hydrazine groups is 1. The topological polar surface area (TPSA) is 114 Å². The molecule has 1 unspecified atom stereocenters. The van der Waals surface area contributed by atoms with Gasteiger partial charge in [-0.25, -0.2) is 9.80 Å². The zero-order valence-corrected chi connectivity index (χ0v) is 19.6. The van der Waals surface area contributed by atoms with Gasteiger partial charge in [-0.15, -0.1) is 0 Å². The van der Waals surface area contributed by atoms with Crippen molar-refractivity contribution in [2.45, 2.75) is 25.9 Å². The lowest BCUT2D eigenvalue weighted by atomic mass is 10.1. The molecule has 9 heteroatoms. The molecule has 3 amide bonds. The van der Waals surface area contributed by atoms with Crippen LogP contribution in [0.15, 0.2) is 78.9 Å². The van der Waals surface area contributed by atoms with Crippen molar-refractivity contribution in [1.82, 2.24) is 5.43 Å². The summed E-state index contributed by atoms with van der Waals surface area (Å²) in [5.74, 6) is -1.28. The van der Waals surface area contributed by atoms with E-state index < -0.39 is 18.0 Å². The standard InChI is InChI=1S/C27H25N3O6/c1-2-35-22-11-7-6-10-21(22)28-26(33)25(18-8-4-3-5-9-18)36-27(34)19-12-14-20(15-13-19)30-24(32)17-16-23(31)29-30/h3-15,25H,2,16-17H2,1H3,(H,28,33)(H,29,31). The number of para-hydroxylation sites is 2. The molecule has 0 spiro atoms. The molecule has 1 heterocycles. The van der Waals surface area contributed by atoms with Crippen molar-refractivity contribution >= 4 is 35.1 Å². The van der Waals surface area contributed by atoms with Crippen molar-refractivity contribution in [1.29, 1.82) is 0 Å². The predicted molar refractivity (Wildman–Crippen MR) is 132 cm³/mol. The van der Waals surface area contributed by atoms with Gasteiger partial charge in [0, 0.05) is 18.4 Å². The third-order valence-electron chi connectivity index (χ3n) is 5.42. The summed E-state index contributed by atoms with van der Waals surface area (Å²) < 4.78 is 11.2. The first-order valence-electron chi connectivity index (χ1n) is 11.5. The molecule has 1 atom stereocenters. The quantitative estimate of drug-likeness (QED) is 0.468. The lowest BCUT2D eigenvalue weighted by Crippen LogP contribution is -2.50. The Kier molecular flexibility index (Phi) is 7.60. The van der Waals surface area contributed by atoms with Crippen LogP contribution >= 0.6 is 0 Å². The first kappa shape index (κ1) is 24.5. The van der Waals surface area contributed by atoms with Gasteiger partial charge in [-0.05, 0) is 43.3 Å². The van der Waals surface area contributed by atoms with Crippen molar-refractivity contribution in [3.05, 3.63) is 90.0 Å². The van der Waals surface area contributed by atoms with Gasteiger partial charge < -0.3 is 14.8 Å². The van der Waals surface area contributed by atoms with E-state index in [1.165, 1.54) is 24.3 Å². The molecule has 3 aromatic rings. The number of amides is 3. The zero-order chi connectivity index (χ0) is 25.5. The molecule has 2 N–H and O–H groups in total. The number of nitrogens with one attached hydrogen (secondary N) is 2. The van der Waals surface area contributed by atoms with Gasteiger partial charge in [-0.1, -0.05) is 42.5 Å². The largest absolute Gasteiger partial charge is 0.492 e. The van der Waals surface area contributed by atoms with Crippen LogP contribution < -0.4 is 20.5 Å². The van der Waals surface area contributed by atoms with Gasteiger partial charge in [-0.2, -0.15) is 0 Å². The Bertz CT molecular complexity index is 1260. The van der Waals surface area contributed by atoms with E-state index in [9.17, 15) is 19.2 Å². The summed E-state index contributed by atoms with van der Waals surface area (Å²) in [6.45, 7) is 2.26. The lowest BCUT2D eigenvalue weighted by molar-refractivity contribution is -0.130. The van der Waals surface area contributed by atoms with E-state index in [4.69, 9.17) is 9.47 Å². The van der Waals surface area contributed by atoms with Gasteiger partial charge in [0.2, 0.25) is 17.9 Å². The molecule has 1 fully saturated rings. The minimum absolute atomic E-state index is 0.107. The molecule has 0 radical (unpaired) electrons. The van der Waals surface area contributed by atoms with Crippen LogP contribution in [0.5, 0.6) is 5.75 Å². The maximum atomic E-state index is 13.2. The van der Waals surface area contributed by atoms with E-state index in [0.717, 1.165) is 5.01 Å². The molecule has 4 rings (SSSR count). The number of ether oxygens (including phenoxy) is 2. The highest BCUT2D eigenvalue weighted by atomic mass is 16.5. The number of benzene rings is 3. The van der Waals surface area contributed by atoms with Crippen LogP contribution in [0.25, 0.3) is 0 Å². The van der Waals surface area contributed by atoms with E-state index in [1.54, 1.807) is 54.6 Å². The lowest BCUT2D eigenvalue weighted by Gasteiger charge is -2.27. The number of nitrogens with zero attached hydrogens (tertiary/aromatic N) is 1. The van der Waals surface area contributed by atoms with Crippen LogP contribution in [0, 0.1) is 0 Å². The molecule has 0 aromatic heterocycles. The van der Waals surface area contributed by atoms with Crippen LogP contribution in [0.4, 0.5) is 11.4 Å². The van der Waals surface area contributed by atoms with Crippen LogP contribution in [-0.2, 0) is 19.1 Å². The molecule has 0 bridgehead atoms. The van der Waals surface area contributed by atoms with Gasteiger partial charge in [0.05, 0.1) is 23.5 Å². The molecule has 1 saturated heterocycles. The number of hydrogen-bond acceptors (Lipinski definition) is 6. The van der Waals surface area contributed by atoms with E-state index in [-0.39, 0.29) is 30.2 Å². The van der Waals surface area contributed by atoms with Crippen molar-refractivity contribution in [2.75, 3.05) is 16.9 Å². The Balaban J connectivity index is 1.53. The second kappa shape index (κ2) is 11.2. The van der Waals surface area contributed by atoms with Gasteiger partial charge >= 0.3 is 5.97 Å². The van der Waals surface area contributed by atoms with Crippen molar-refractivity contribution in [2.24, 2.45) is 0 Å². The number of carbonyl (C=O) groups is 4. The Morgan fingerprint density at radius 2 is 1.64 bits per heavy atom. The SMILES string of the molecule is CCOc1ccccc1NC(=O)C(OC(=O)c1ccc(N2NC(=O)CCC2=O)cc1)c1ccccc1. The number of hydrogen-bond donors (Lipinski definition) is 2. The molecule has 0 aliphatic carbocycles. The molecule has 9 nitrogen and oxygen atoms in total. The second-order valence-corrected chi connectivity index (χ2v) is 7.93. The van der Waals surface area contributed by atoms with Gasteiger partial charge in [0.25, 0.3) is 5.91 Å². The van der Waals surface area contributed by atoms with E-state index in [0.29, 0.717) is 29.3 Å². The van der Waals surface area contributed by atoms with Crippen molar-refractivity contribution < 1.29 is 28.7 Å². The maximum Gasteiger partial charge on any atom is 0.339 e. The van der Waals surface area contributed by atoms with Crippen LogP contribution in [0.2, 0.25) is 0 Å². The maximum absolute atomic E-state index is 13.2. The fourth-order valence-corrected chi connectivity index (χ4v) is 3.66. The summed E-state index contributed by atoms with van der Waals surface area (Å²) >= 11 is 0. The summed E-state index contributed by atoms with van der Waals surface area (Å²) in [6, 6.07) is 21.7. The first-order valence-corrected chi connectivity index (χ1v) is 11.5. The molecule has 0 saturated carbocycles. The highest BCUT2D eigenvalue weighted by molar-refractivity contribution is 6.02. The van der Waals surface area contributed by atoms with Gasteiger partial charge in [0.1, 0.15) is 5.75 Å². The van der Waals surface area contributed by atoms with Crippen LogP contribution in [0.3, 0.4) is 0 Å². The fourth-order valence-electron chi connectivity index (χ4n) is 3.66. The Morgan fingerprint density at radius 3 is 2.36 bits per heavy atom. The zero-order valence-electron chi connectivity index (χ0n) is 19.6.